The van der Waals surface area contributed by atoms with E-state index in [-0.39, 0.29) is 5.75 Å². The van der Waals surface area contributed by atoms with Crippen molar-refractivity contribution in [2.24, 2.45) is 0 Å². The Morgan fingerprint density at radius 3 is 2.48 bits per heavy atom. The molecule has 0 unspecified atom stereocenters. The molecule has 118 valence electrons. The van der Waals surface area contributed by atoms with E-state index in [2.05, 4.69) is 48.3 Å². The summed E-state index contributed by atoms with van der Waals surface area (Å²) in [7, 11) is 0. The number of para-hydroxylation sites is 1. The molecule has 0 aliphatic rings. The molecule has 0 aliphatic carbocycles. The number of benzene rings is 2. The molecule has 4 nitrogen and oxygen atoms in total. The number of phenolic OH excluding ortho intramolecular Hbond substituents is 1. The van der Waals surface area contributed by atoms with Crippen molar-refractivity contribution in [1.29, 1.82) is 0 Å². The van der Waals surface area contributed by atoms with Crippen LogP contribution in [0, 0.1) is 6.92 Å². The fraction of sp³-hybridized carbons (Fsp3) is 0.222. The van der Waals surface area contributed by atoms with E-state index in [4.69, 9.17) is 0 Å². The first-order chi connectivity index (χ1) is 11.2. The fourth-order valence-corrected chi connectivity index (χ4v) is 3.33. The van der Waals surface area contributed by atoms with Crippen LogP contribution in [0.15, 0.2) is 53.7 Å². The van der Waals surface area contributed by atoms with E-state index in [1.165, 1.54) is 11.1 Å². The summed E-state index contributed by atoms with van der Waals surface area (Å²) in [4.78, 5) is 0. The summed E-state index contributed by atoms with van der Waals surface area (Å²) in [6, 6.07) is 15.7. The van der Waals surface area contributed by atoms with Crippen molar-refractivity contribution in [3.05, 3.63) is 59.7 Å². The van der Waals surface area contributed by atoms with Gasteiger partial charge in [0.05, 0.1) is 5.56 Å². The summed E-state index contributed by atoms with van der Waals surface area (Å²) in [6.45, 7) is 4.90. The van der Waals surface area contributed by atoms with Gasteiger partial charge in [-0.3, -0.25) is 0 Å². The Kier molecular flexibility index (Phi) is 4.67. The quantitative estimate of drug-likeness (QED) is 0.712. The largest absolute Gasteiger partial charge is 0.507 e. The van der Waals surface area contributed by atoms with Crippen molar-refractivity contribution in [2.45, 2.75) is 31.3 Å². The number of phenols is 1. The van der Waals surface area contributed by atoms with Crippen LogP contribution in [-0.4, -0.2) is 19.9 Å². The van der Waals surface area contributed by atoms with E-state index < -0.39 is 0 Å². The molecular formula is C18H19N3OS. The minimum Gasteiger partial charge on any atom is -0.507 e. The minimum atomic E-state index is 0.227. The second kappa shape index (κ2) is 6.87. The first kappa shape index (κ1) is 15.6. The molecule has 2 aromatic carbocycles. The van der Waals surface area contributed by atoms with Gasteiger partial charge in [0, 0.05) is 12.3 Å². The van der Waals surface area contributed by atoms with Gasteiger partial charge in [-0.1, -0.05) is 53.7 Å². The summed E-state index contributed by atoms with van der Waals surface area (Å²) in [5.41, 5.74) is 3.23. The van der Waals surface area contributed by atoms with Crippen molar-refractivity contribution >= 4 is 11.8 Å². The number of rotatable bonds is 5. The number of nitrogens with zero attached hydrogens (tertiary/aromatic N) is 3. The Hall–Kier alpha value is -2.27. The van der Waals surface area contributed by atoms with E-state index in [0.29, 0.717) is 11.4 Å². The molecular weight excluding hydrogens is 306 g/mol. The zero-order valence-corrected chi connectivity index (χ0v) is 14.0. The molecule has 1 N–H and O–H groups in total. The van der Waals surface area contributed by atoms with E-state index in [1.807, 2.05) is 16.7 Å². The third-order valence-electron chi connectivity index (χ3n) is 3.67. The van der Waals surface area contributed by atoms with Crippen LogP contribution in [0.1, 0.15) is 18.1 Å². The van der Waals surface area contributed by atoms with Crippen molar-refractivity contribution < 1.29 is 5.11 Å². The van der Waals surface area contributed by atoms with E-state index in [0.717, 1.165) is 17.5 Å². The lowest BCUT2D eigenvalue weighted by molar-refractivity contribution is 0.476. The maximum absolute atomic E-state index is 10.0. The van der Waals surface area contributed by atoms with Gasteiger partial charge in [0.25, 0.3) is 0 Å². The lowest BCUT2D eigenvalue weighted by Crippen LogP contribution is -2.00. The average Bonchev–Trinajstić information content (AvgIpc) is 2.97. The highest BCUT2D eigenvalue weighted by molar-refractivity contribution is 7.98. The molecule has 0 radical (unpaired) electrons. The standard InChI is InChI=1S/C18H19N3OS/c1-3-21-17(15-6-4-5-7-16(15)22)19-20-18(21)23-12-14-10-8-13(2)9-11-14/h4-11,22H,3,12H2,1-2H3. The van der Waals surface area contributed by atoms with Crippen LogP contribution in [0.3, 0.4) is 0 Å². The number of hydrogen-bond acceptors (Lipinski definition) is 4. The number of aromatic nitrogens is 3. The van der Waals surface area contributed by atoms with Gasteiger partial charge in [0.15, 0.2) is 11.0 Å². The topological polar surface area (TPSA) is 50.9 Å². The molecule has 0 bridgehead atoms. The molecule has 0 saturated carbocycles. The van der Waals surface area contributed by atoms with Gasteiger partial charge < -0.3 is 9.67 Å². The zero-order chi connectivity index (χ0) is 16.2. The summed E-state index contributed by atoms with van der Waals surface area (Å²) in [5, 5.41) is 19.5. The van der Waals surface area contributed by atoms with Crippen LogP contribution in [0.4, 0.5) is 0 Å². The van der Waals surface area contributed by atoms with Gasteiger partial charge in [0.1, 0.15) is 5.75 Å². The van der Waals surface area contributed by atoms with Crippen LogP contribution in [-0.2, 0) is 12.3 Å². The van der Waals surface area contributed by atoms with Gasteiger partial charge in [-0.2, -0.15) is 0 Å². The highest BCUT2D eigenvalue weighted by atomic mass is 32.2. The molecule has 1 aromatic heterocycles. The molecule has 0 fully saturated rings. The third-order valence-corrected chi connectivity index (χ3v) is 4.70. The van der Waals surface area contributed by atoms with E-state index in [1.54, 1.807) is 23.9 Å². The Labute approximate surface area is 140 Å². The molecule has 0 amide bonds. The Morgan fingerprint density at radius 1 is 1.04 bits per heavy atom. The smallest absolute Gasteiger partial charge is 0.191 e. The minimum absolute atomic E-state index is 0.227. The van der Waals surface area contributed by atoms with E-state index in [9.17, 15) is 5.11 Å². The molecule has 0 saturated heterocycles. The number of thioether (sulfide) groups is 1. The predicted octanol–water partition coefficient (Wildman–Crippen LogP) is 4.27. The molecule has 0 spiro atoms. The molecule has 23 heavy (non-hydrogen) atoms. The summed E-state index contributed by atoms with van der Waals surface area (Å²) < 4.78 is 2.04. The fourth-order valence-electron chi connectivity index (χ4n) is 2.37. The van der Waals surface area contributed by atoms with Gasteiger partial charge >= 0.3 is 0 Å². The van der Waals surface area contributed by atoms with Crippen LogP contribution in [0.2, 0.25) is 0 Å². The Morgan fingerprint density at radius 2 is 1.78 bits per heavy atom. The first-order valence-electron chi connectivity index (χ1n) is 7.59. The van der Waals surface area contributed by atoms with Crippen LogP contribution in [0.5, 0.6) is 5.75 Å². The second-order valence-electron chi connectivity index (χ2n) is 5.34. The van der Waals surface area contributed by atoms with Crippen molar-refractivity contribution in [3.63, 3.8) is 0 Å². The predicted molar refractivity (Wildman–Crippen MR) is 93.5 cm³/mol. The number of aryl methyl sites for hydroxylation is 1. The van der Waals surface area contributed by atoms with Gasteiger partial charge in [-0.05, 0) is 31.5 Å². The summed E-state index contributed by atoms with van der Waals surface area (Å²) in [5.74, 6) is 1.78. The maximum atomic E-state index is 10.0. The molecule has 5 heteroatoms. The lowest BCUT2D eigenvalue weighted by atomic mass is 10.2. The van der Waals surface area contributed by atoms with Crippen molar-refractivity contribution in [3.8, 4) is 17.1 Å². The molecule has 1 heterocycles. The summed E-state index contributed by atoms with van der Waals surface area (Å²) >= 11 is 1.66. The lowest BCUT2D eigenvalue weighted by Gasteiger charge is -2.08. The Balaban J connectivity index is 1.84. The van der Waals surface area contributed by atoms with Gasteiger partial charge in [-0.25, -0.2) is 0 Å². The normalized spacial score (nSPS) is 10.9. The van der Waals surface area contributed by atoms with Crippen LogP contribution in [0.25, 0.3) is 11.4 Å². The number of aromatic hydroxyl groups is 1. The highest BCUT2D eigenvalue weighted by Gasteiger charge is 2.15. The Bertz CT molecular complexity index is 796. The average molecular weight is 325 g/mol. The molecule has 0 atom stereocenters. The molecule has 3 aromatic rings. The summed E-state index contributed by atoms with van der Waals surface area (Å²) in [6.07, 6.45) is 0. The number of hydrogen-bond donors (Lipinski definition) is 1. The van der Waals surface area contributed by atoms with E-state index >= 15 is 0 Å². The van der Waals surface area contributed by atoms with Crippen LogP contribution < -0.4 is 0 Å². The maximum Gasteiger partial charge on any atom is 0.191 e. The zero-order valence-electron chi connectivity index (χ0n) is 13.2. The SMILES string of the molecule is CCn1c(SCc2ccc(C)cc2)nnc1-c1ccccc1O. The van der Waals surface area contributed by atoms with Crippen molar-refractivity contribution in [1.82, 2.24) is 14.8 Å². The first-order valence-corrected chi connectivity index (χ1v) is 8.57. The monoisotopic (exact) mass is 325 g/mol. The van der Waals surface area contributed by atoms with Crippen LogP contribution >= 0.6 is 11.8 Å². The second-order valence-corrected chi connectivity index (χ2v) is 6.28. The van der Waals surface area contributed by atoms with Crippen molar-refractivity contribution in [2.75, 3.05) is 0 Å². The molecule has 0 aliphatic heterocycles. The van der Waals surface area contributed by atoms with Gasteiger partial charge in [-0.15, -0.1) is 10.2 Å². The third kappa shape index (κ3) is 3.40. The highest BCUT2D eigenvalue weighted by Crippen LogP contribution is 2.30. The van der Waals surface area contributed by atoms with Gasteiger partial charge in [0.2, 0.25) is 0 Å². The molecule has 3 rings (SSSR count).